The van der Waals surface area contributed by atoms with Crippen molar-refractivity contribution < 1.29 is 32.4 Å². The third-order valence-electron chi connectivity index (χ3n) is 9.64. The van der Waals surface area contributed by atoms with Gasteiger partial charge in [-0.3, -0.25) is 19.2 Å². The van der Waals surface area contributed by atoms with Crippen LogP contribution in [0.5, 0.6) is 0 Å². The molecule has 0 aromatic carbocycles. The van der Waals surface area contributed by atoms with Crippen molar-refractivity contribution in [1.29, 1.82) is 0 Å². The van der Waals surface area contributed by atoms with E-state index in [0.717, 1.165) is 32.1 Å². The Morgan fingerprint density at radius 2 is 1.59 bits per heavy atom. The van der Waals surface area contributed by atoms with Crippen molar-refractivity contribution in [3.05, 3.63) is 0 Å². The molecule has 0 spiro atoms. The first kappa shape index (κ1) is 37.3. The van der Waals surface area contributed by atoms with Crippen LogP contribution in [0.15, 0.2) is 0 Å². The molecule has 0 bridgehead atoms. The van der Waals surface area contributed by atoms with E-state index in [1.807, 2.05) is 0 Å². The average molecular weight is 664 g/mol. The van der Waals surface area contributed by atoms with Gasteiger partial charge in [-0.1, -0.05) is 40.0 Å². The fraction of sp³-hybridized carbons (Fsp3) is 0.788. The van der Waals surface area contributed by atoms with E-state index in [0.29, 0.717) is 31.7 Å². The molecule has 3 aliphatic rings. The van der Waals surface area contributed by atoms with Crippen LogP contribution in [-0.4, -0.2) is 83.6 Å². The Balaban J connectivity index is 1.85. The highest BCUT2D eigenvalue weighted by atomic mass is 32.2. The van der Waals surface area contributed by atoms with E-state index >= 15 is 0 Å². The number of rotatable bonds is 12. The second kappa shape index (κ2) is 14.3. The number of nitrogens with one attached hydrogen (secondary N) is 3. The zero-order valence-electron chi connectivity index (χ0n) is 28.2. The highest BCUT2D eigenvalue weighted by Gasteiger charge is 2.49. The predicted octanol–water partition coefficient (Wildman–Crippen LogP) is 2.20. The second-order valence-corrected chi connectivity index (χ2v) is 18.2. The molecule has 0 aromatic rings. The van der Waals surface area contributed by atoms with Gasteiger partial charge < -0.3 is 26.6 Å². The lowest BCUT2D eigenvalue weighted by atomic mass is 9.83. The Labute approximate surface area is 274 Å². The molecule has 1 aliphatic heterocycles. The van der Waals surface area contributed by atoms with Crippen LogP contribution in [-0.2, 0) is 29.0 Å². The molecule has 0 radical (unpaired) electrons. The summed E-state index contributed by atoms with van der Waals surface area (Å²) in [5.41, 5.74) is 3.47. The number of urea groups is 1. The normalized spacial score (nSPS) is 23.0. The maximum absolute atomic E-state index is 14.3. The molecule has 2 saturated carbocycles. The molecule has 12 nitrogen and oxygen atoms in total. The number of carbonyl (C=O) groups is 5. The zero-order chi connectivity index (χ0) is 34.7. The first-order chi connectivity index (χ1) is 21.2. The molecule has 1 saturated heterocycles. The molecule has 4 atom stereocenters. The number of hydrogen-bond donors (Lipinski definition) is 4. The maximum Gasteiger partial charge on any atom is 0.315 e. The van der Waals surface area contributed by atoms with Crippen LogP contribution in [0.1, 0.15) is 106 Å². The SMILES string of the molecule is C#CCCC(NC(=O)[C@@H]1C[C@@H](C2CC2)CN1C(=O)[C@@H](NC(=O)NC1(CS(=O)(=O)C(C)(C)C)CCCCC1)C(C)(C)C)C(=O)C(N)=O. The highest BCUT2D eigenvalue weighted by molar-refractivity contribution is 7.92. The number of primary amides is 1. The van der Waals surface area contributed by atoms with Gasteiger partial charge in [0.25, 0.3) is 5.91 Å². The Hall–Kier alpha value is -3.14. The van der Waals surface area contributed by atoms with Crippen LogP contribution in [0.2, 0.25) is 0 Å². The zero-order valence-corrected chi connectivity index (χ0v) is 29.1. The van der Waals surface area contributed by atoms with E-state index in [4.69, 9.17) is 12.2 Å². The largest absolute Gasteiger partial charge is 0.363 e. The third-order valence-corrected chi connectivity index (χ3v) is 12.4. The van der Waals surface area contributed by atoms with Crippen LogP contribution in [0, 0.1) is 29.6 Å². The van der Waals surface area contributed by atoms with Gasteiger partial charge in [0.1, 0.15) is 12.1 Å². The molecule has 5 N–H and O–H groups in total. The lowest BCUT2D eigenvalue weighted by Gasteiger charge is -2.41. The van der Waals surface area contributed by atoms with E-state index in [1.165, 1.54) is 4.90 Å². The number of amides is 5. The molecule has 46 heavy (non-hydrogen) atoms. The van der Waals surface area contributed by atoms with Gasteiger partial charge in [0, 0.05) is 13.0 Å². The quantitative estimate of drug-likeness (QED) is 0.182. The Morgan fingerprint density at radius 1 is 0.978 bits per heavy atom. The summed E-state index contributed by atoms with van der Waals surface area (Å²) in [6.45, 7) is 10.7. The van der Waals surface area contributed by atoms with Crippen molar-refractivity contribution in [3.8, 4) is 12.3 Å². The summed E-state index contributed by atoms with van der Waals surface area (Å²) in [7, 11) is -3.57. The summed E-state index contributed by atoms with van der Waals surface area (Å²) >= 11 is 0. The van der Waals surface area contributed by atoms with Crippen LogP contribution in [0.25, 0.3) is 0 Å². The molecule has 1 unspecified atom stereocenters. The summed E-state index contributed by atoms with van der Waals surface area (Å²) in [5, 5.41) is 8.43. The van der Waals surface area contributed by atoms with Crippen LogP contribution in [0.4, 0.5) is 4.79 Å². The summed E-state index contributed by atoms with van der Waals surface area (Å²) in [6, 6.07) is -3.83. The lowest BCUT2D eigenvalue weighted by molar-refractivity contribution is -0.143. The minimum absolute atomic E-state index is 0.0236. The number of hydrogen-bond acceptors (Lipinski definition) is 7. The van der Waals surface area contributed by atoms with Crippen molar-refractivity contribution in [2.24, 2.45) is 23.0 Å². The van der Waals surface area contributed by atoms with E-state index < -0.39 is 73.2 Å². The summed E-state index contributed by atoms with van der Waals surface area (Å²) < 4.78 is 25.5. The first-order valence-electron chi connectivity index (χ1n) is 16.4. The number of likely N-dealkylation sites (tertiary alicyclic amines) is 1. The van der Waals surface area contributed by atoms with Crippen LogP contribution >= 0.6 is 0 Å². The first-order valence-corrected chi connectivity index (χ1v) is 18.1. The minimum Gasteiger partial charge on any atom is -0.363 e. The maximum atomic E-state index is 14.3. The van der Waals surface area contributed by atoms with Crippen molar-refractivity contribution >= 4 is 39.4 Å². The number of nitrogens with zero attached hydrogens (tertiary/aromatic N) is 1. The van der Waals surface area contributed by atoms with E-state index in [9.17, 15) is 32.4 Å². The van der Waals surface area contributed by atoms with Gasteiger partial charge in [-0.05, 0) is 76.5 Å². The number of sulfone groups is 1. The Kier molecular flexibility index (Phi) is 11.6. The van der Waals surface area contributed by atoms with Crippen LogP contribution in [0.3, 0.4) is 0 Å². The fourth-order valence-corrected chi connectivity index (χ4v) is 8.06. The number of Topliss-reactive ketones (excluding diaryl/α,β-unsaturated/α-hetero) is 1. The van der Waals surface area contributed by atoms with Gasteiger partial charge in [0.05, 0.1) is 22.1 Å². The predicted molar refractivity (Wildman–Crippen MR) is 175 cm³/mol. The molecular weight excluding hydrogens is 610 g/mol. The van der Waals surface area contributed by atoms with Gasteiger partial charge in [0.15, 0.2) is 9.84 Å². The molecule has 258 valence electrons. The molecule has 13 heteroatoms. The monoisotopic (exact) mass is 663 g/mol. The smallest absolute Gasteiger partial charge is 0.315 e. The Bertz CT molecular complexity index is 1330. The van der Waals surface area contributed by atoms with E-state index in [-0.39, 0.29) is 24.5 Å². The second-order valence-electron chi connectivity index (χ2n) is 15.5. The molecular formula is C33H53N5O7S. The fourth-order valence-electron chi connectivity index (χ4n) is 6.54. The number of ketones is 1. The average Bonchev–Trinajstić information content (AvgIpc) is 3.69. The van der Waals surface area contributed by atoms with Crippen molar-refractivity contribution in [3.63, 3.8) is 0 Å². The Morgan fingerprint density at radius 3 is 2.09 bits per heavy atom. The van der Waals surface area contributed by atoms with Gasteiger partial charge in [0.2, 0.25) is 17.6 Å². The van der Waals surface area contributed by atoms with Crippen molar-refractivity contribution in [2.45, 2.75) is 134 Å². The van der Waals surface area contributed by atoms with Crippen molar-refractivity contribution in [2.75, 3.05) is 12.3 Å². The highest BCUT2D eigenvalue weighted by Crippen LogP contribution is 2.44. The van der Waals surface area contributed by atoms with Gasteiger partial charge in [-0.2, -0.15) is 0 Å². The topological polar surface area (TPSA) is 185 Å². The minimum atomic E-state index is -3.57. The number of nitrogens with two attached hydrogens (primary N) is 1. The third kappa shape index (κ3) is 9.23. The lowest BCUT2D eigenvalue weighted by Crippen LogP contribution is -2.63. The van der Waals surface area contributed by atoms with Crippen molar-refractivity contribution in [1.82, 2.24) is 20.9 Å². The molecule has 2 aliphatic carbocycles. The van der Waals surface area contributed by atoms with E-state index in [1.54, 1.807) is 41.5 Å². The van der Waals surface area contributed by atoms with Crippen LogP contribution < -0.4 is 21.7 Å². The molecule has 5 amide bonds. The van der Waals surface area contributed by atoms with E-state index in [2.05, 4.69) is 21.9 Å². The standard InChI is InChI=1S/C33H53N5O7S/c1-8-9-13-23(25(39)27(34)40)35-28(41)24-18-22(21-14-15-21)19-38(24)29(42)26(31(2,3)4)36-30(43)37-33(16-11-10-12-17-33)20-46(44,45)32(5,6)7/h1,21-24,26H,9-20H2,2-7H3,(H2,34,40)(H,35,41)(H2,36,37,43)/t22-,23?,24+,26-/m1/s1. The summed E-state index contributed by atoms with van der Waals surface area (Å²) in [4.78, 5) is 67.2. The number of carbonyl (C=O) groups excluding carboxylic acids is 5. The molecule has 0 aromatic heterocycles. The van der Waals surface area contributed by atoms with Gasteiger partial charge >= 0.3 is 6.03 Å². The summed E-state index contributed by atoms with van der Waals surface area (Å²) in [5.74, 6) is -0.555. The molecule has 1 heterocycles. The molecule has 3 fully saturated rings. The number of terminal acetylenes is 1. The molecule has 3 rings (SSSR count). The van der Waals surface area contributed by atoms with Gasteiger partial charge in [-0.25, -0.2) is 13.2 Å². The van der Waals surface area contributed by atoms with Gasteiger partial charge in [-0.15, -0.1) is 12.3 Å². The summed E-state index contributed by atoms with van der Waals surface area (Å²) in [6.07, 6.45) is 11.4.